The Morgan fingerprint density at radius 2 is 1.38 bits per heavy atom. The lowest BCUT2D eigenvalue weighted by Crippen LogP contribution is -3.00. The molecule has 2 saturated heterocycles. The van der Waals surface area contributed by atoms with Crippen molar-refractivity contribution < 1.29 is 17.0 Å². The third-order valence-electron chi connectivity index (χ3n) is 8.41. The molecule has 2 aliphatic rings. The highest BCUT2D eigenvalue weighted by molar-refractivity contribution is 5.59. The van der Waals surface area contributed by atoms with Gasteiger partial charge in [-0.2, -0.15) is 0 Å². The molecule has 40 heavy (non-hydrogen) atoms. The zero-order valence-corrected chi connectivity index (χ0v) is 24.9. The van der Waals surface area contributed by atoms with Crippen LogP contribution in [0.5, 0.6) is 0 Å². The summed E-state index contributed by atoms with van der Waals surface area (Å²) in [4.78, 5) is 4.94. The fourth-order valence-corrected chi connectivity index (χ4v) is 5.87. The van der Waals surface area contributed by atoms with E-state index < -0.39 is 0 Å². The normalized spacial score (nSPS) is 18.9. The summed E-state index contributed by atoms with van der Waals surface area (Å²) in [6.07, 6.45) is 11.3. The van der Waals surface area contributed by atoms with E-state index >= 15 is 0 Å². The topological polar surface area (TPSA) is 91.4 Å². The summed E-state index contributed by atoms with van der Waals surface area (Å²) in [6.45, 7) is 12.7. The van der Waals surface area contributed by atoms with Crippen LogP contribution in [0.25, 0.3) is 0 Å². The van der Waals surface area contributed by atoms with Crippen molar-refractivity contribution in [1.82, 2.24) is 15.2 Å². The molecule has 6 N–H and O–H groups in total. The lowest BCUT2D eigenvalue weighted by atomic mass is 10.2. The molecule has 3 aromatic rings. The van der Waals surface area contributed by atoms with Gasteiger partial charge in [0.25, 0.3) is 0 Å². The monoisotopic (exact) mass is 566 g/mol. The molecule has 2 aliphatic heterocycles. The molecule has 0 amide bonds. The number of rotatable bonds is 12. The first-order valence-corrected chi connectivity index (χ1v) is 14.7. The molecule has 2 atom stereocenters. The predicted molar refractivity (Wildman–Crippen MR) is 162 cm³/mol. The van der Waals surface area contributed by atoms with Crippen molar-refractivity contribution in [3.8, 4) is 0 Å². The number of nitrogens with one attached hydrogen (secondary N) is 2. The molecule has 0 aliphatic carbocycles. The maximum atomic E-state index is 5.99. The van der Waals surface area contributed by atoms with Crippen LogP contribution in [-0.2, 0) is 13.1 Å². The van der Waals surface area contributed by atoms with Gasteiger partial charge in [-0.3, -0.25) is 0 Å². The van der Waals surface area contributed by atoms with Crippen LogP contribution in [0, 0.1) is 13.8 Å². The van der Waals surface area contributed by atoms with Crippen LogP contribution in [0.4, 0.5) is 22.7 Å². The molecule has 218 valence electrons. The number of nitrogens with two attached hydrogens (primary N) is 2. The second-order valence-corrected chi connectivity index (χ2v) is 11.4. The van der Waals surface area contributed by atoms with Crippen molar-refractivity contribution in [1.29, 1.82) is 0 Å². The lowest BCUT2D eigenvalue weighted by Gasteiger charge is -2.20. The summed E-state index contributed by atoms with van der Waals surface area (Å²) in [5, 5.41) is 7.54. The molecular weight excluding hydrogens is 520 g/mol. The highest BCUT2D eigenvalue weighted by Gasteiger charge is 2.23. The van der Waals surface area contributed by atoms with Crippen molar-refractivity contribution in [3.05, 3.63) is 66.2 Å². The first kappa shape index (κ1) is 30.0. The number of anilines is 4. The summed E-state index contributed by atoms with van der Waals surface area (Å²) >= 11 is 0. The minimum absolute atomic E-state index is 0. The average molecular weight is 567 g/mol. The Labute approximate surface area is 246 Å². The molecule has 0 spiro atoms. The standard InChI is InChI=1S/C31H47N8.ClH/c1-24-19-28(5-7-30(24)32)38-15-9-26(21-38)34-11-3-13-36-17-18-37(23-36)14-4-12-35-27-10-16-39(22-27)29-6-8-31(33)25(2)20-29;/h5-8,17-20,23,26-27,34-35H,3-4,9-16,21-22,32-33H2,1-2H3;1H/q+1;/p-1. The number of hydrogen-bond donors (Lipinski definition) is 4. The summed E-state index contributed by atoms with van der Waals surface area (Å²) in [5.74, 6) is 0. The van der Waals surface area contributed by atoms with Gasteiger partial charge in [-0.25, -0.2) is 9.13 Å². The molecule has 0 bridgehead atoms. The van der Waals surface area contributed by atoms with Crippen LogP contribution in [0.1, 0.15) is 36.8 Å². The highest BCUT2D eigenvalue weighted by Crippen LogP contribution is 2.25. The highest BCUT2D eigenvalue weighted by atomic mass is 35.5. The van der Waals surface area contributed by atoms with Crippen LogP contribution in [0.15, 0.2) is 55.1 Å². The molecule has 0 saturated carbocycles. The molecule has 2 unspecified atom stereocenters. The number of imidazole rings is 1. The maximum absolute atomic E-state index is 5.99. The van der Waals surface area contributed by atoms with Gasteiger partial charge in [-0.1, -0.05) is 0 Å². The molecule has 2 fully saturated rings. The quantitative estimate of drug-likeness (QED) is 0.141. The van der Waals surface area contributed by atoms with E-state index in [1.165, 1.54) is 24.2 Å². The SMILES string of the molecule is Cc1cc(N2CCC(NCCCn3cc[n+](CCCNC4CCN(c5ccc(N)c(C)c5)C4)c3)C2)ccc1N.[Cl-]. The molecular formula is C31H47ClN8. The molecule has 1 aromatic heterocycles. The van der Waals surface area contributed by atoms with Crippen LogP contribution in [0.2, 0.25) is 0 Å². The minimum atomic E-state index is 0. The zero-order valence-electron chi connectivity index (χ0n) is 24.2. The number of aryl methyl sites for hydroxylation is 4. The van der Waals surface area contributed by atoms with Crippen molar-refractivity contribution in [2.45, 2.75) is 64.7 Å². The van der Waals surface area contributed by atoms with Gasteiger partial charge in [-0.05, 0) is 100 Å². The number of nitrogen functional groups attached to an aromatic ring is 2. The van der Waals surface area contributed by atoms with Crippen LogP contribution in [-0.4, -0.2) is 55.9 Å². The predicted octanol–water partition coefficient (Wildman–Crippen LogP) is 0.0780. The molecule has 0 radical (unpaired) electrons. The Hall–Kier alpha value is -2.94. The molecule has 2 aromatic carbocycles. The van der Waals surface area contributed by atoms with E-state index in [2.05, 4.69) is 86.4 Å². The van der Waals surface area contributed by atoms with E-state index in [4.69, 9.17) is 11.5 Å². The fourth-order valence-electron chi connectivity index (χ4n) is 5.87. The van der Waals surface area contributed by atoms with Gasteiger partial charge < -0.3 is 44.3 Å². The Bertz CT molecular complexity index is 1140. The van der Waals surface area contributed by atoms with Gasteiger partial charge in [0.15, 0.2) is 0 Å². The lowest BCUT2D eigenvalue weighted by molar-refractivity contribution is -0.696. The van der Waals surface area contributed by atoms with Gasteiger partial charge in [0.05, 0.1) is 13.1 Å². The molecule has 5 rings (SSSR count). The van der Waals surface area contributed by atoms with E-state index in [0.717, 1.165) is 87.7 Å². The third kappa shape index (κ3) is 7.83. The third-order valence-corrected chi connectivity index (χ3v) is 8.41. The summed E-state index contributed by atoms with van der Waals surface area (Å²) < 4.78 is 4.63. The molecule has 3 heterocycles. The second-order valence-electron chi connectivity index (χ2n) is 11.4. The number of halogens is 1. The van der Waals surface area contributed by atoms with E-state index in [9.17, 15) is 0 Å². The first-order chi connectivity index (χ1) is 18.9. The van der Waals surface area contributed by atoms with Crippen molar-refractivity contribution in [2.24, 2.45) is 0 Å². The Kier molecular flexibility index (Phi) is 10.6. The van der Waals surface area contributed by atoms with Gasteiger partial charge in [-0.15, -0.1) is 0 Å². The van der Waals surface area contributed by atoms with Crippen molar-refractivity contribution >= 4 is 22.7 Å². The van der Waals surface area contributed by atoms with Gasteiger partial charge in [0, 0.05) is 61.0 Å². The first-order valence-electron chi connectivity index (χ1n) is 14.7. The number of hydrogen-bond acceptors (Lipinski definition) is 6. The minimum Gasteiger partial charge on any atom is -1.00 e. The number of benzene rings is 2. The number of aromatic nitrogens is 2. The number of nitrogens with zero attached hydrogens (tertiary/aromatic N) is 4. The fraction of sp³-hybridized carbons (Fsp3) is 0.516. The average Bonchev–Trinajstić information content (AvgIpc) is 3.69. The summed E-state index contributed by atoms with van der Waals surface area (Å²) in [5.41, 5.74) is 18.6. The molecule has 9 heteroatoms. The Balaban J connectivity index is 0.00000370. The van der Waals surface area contributed by atoms with Crippen LogP contribution >= 0.6 is 0 Å². The molecule has 8 nitrogen and oxygen atoms in total. The van der Waals surface area contributed by atoms with Crippen LogP contribution < -0.4 is 48.9 Å². The van der Waals surface area contributed by atoms with E-state index in [-0.39, 0.29) is 12.4 Å². The van der Waals surface area contributed by atoms with Crippen molar-refractivity contribution in [3.63, 3.8) is 0 Å². The van der Waals surface area contributed by atoms with Crippen LogP contribution in [0.3, 0.4) is 0 Å². The second kappa shape index (κ2) is 14.1. The smallest absolute Gasteiger partial charge is 0.243 e. The van der Waals surface area contributed by atoms with E-state index in [1.54, 1.807) is 0 Å². The van der Waals surface area contributed by atoms with E-state index in [0.29, 0.717) is 12.1 Å². The van der Waals surface area contributed by atoms with Gasteiger partial charge in [0.1, 0.15) is 12.4 Å². The Morgan fingerprint density at radius 3 is 1.93 bits per heavy atom. The Morgan fingerprint density at radius 1 is 0.825 bits per heavy atom. The van der Waals surface area contributed by atoms with Gasteiger partial charge in [0.2, 0.25) is 6.33 Å². The van der Waals surface area contributed by atoms with Crippen molar-refractivity contribution in [2.75, 3.05) is 60.5 Å². The van der Waals surface area contributed by atoms with E-state index in [1.807, 2.05) is 12.1 Å². The summed E-state index contributed by atoms with van der Waals surface area (Å²) in [6, 6.07) is 13.9. The summed E-state index contributed by atoms with van der Waals surface area (Å²) in [7, 11) is 0. The van der Waals surface area contributed by atoms with Gasteiger partial charge >= 0.3 is 0 Å². The largest absolute Gasteiger partial charge is 1.00 e. The zero-order chi connectivity index (χ0) is 27.2. The maximum Gasteiger partial charge on any atom is 0.243 e.